The third kappa shape index (κ3) is 5.20. The second kappa shape index (κ2) is 11.2. The van der Waals surface area contributed by atoms with Gasteiger partial charge in [0.25, 0.3) is 0 Å². The summed E-state index contributed by atoms with van der Waals surface area (Å²) in [5.74, 6) is -0.771. The van der Waals surface area contributed by atoms with E-state index in [0.717, 1.165) is 0 Å². The normalized spacial score (nSPS) is 26.6. The first-order valence-corrected chi connectivity index (χ1v) is 10.6. The SMILES string of the molecule is COc1cc([C@@H](CO)[C@H](O[C@H]2O[C@@H](CO)[C@@H](O)[C@@H](O)[C@@H]2O)c2ccc(O)c(OC)c2)ccc1O. The van der Waals surface area contributed by atoms with Crippen LogP contribution in [0.1, 0.15) is 23.1 Å². The van der Waals surface area contributed by atoms with Gasteiger partial charge in [0.05, 0.1) is 33.5 Å². The van der Waals surface area contributed by atoms with Gasteiger partial charge in [-0.05, 0) is 35.4 Å². The molecule has 7 N–H and O–H groups in total. The summed E-state index contributed by atoms with van der Waals surface area (Å²) in [4.78, 5) is 0. The average Bonchev–Trinajstić information content (AvgIpc) is 2.85. The third-order valence-electron chi connectivity index (χ3n) is 5.86. The topological polar surface area (TPSA) is 179 Å². The van der Waals surface area contributed by atoms with Crippen molar-refractivity contribution in [1.29, 1.82) is 0 Å². The van der Waals surface area contributed by atoms with Gasteiger partial charge in [0, 0.05) is 5.92 Å². The van der Waals surface area contributed by atoms with E-state index in [9.17, 15) is 35.7 Å². The van der Waals surface area contributed by atoms with Crippen LogP contribution in [0.5, 0.6) is 23.0 Å². The molecule has 0 aliphatic carbocycles. The van der Waals surface area contributed by atoms with E-state index in [1.807, 2.05) is 0 Å². The number of phenols is 2. The Morgan fingerprint density at radius 1 is 0.824 bits per heavy atom. The first-order chi connectivity index (χ1) is 16.2. The molecule has 0 aromatic heterocycles. The minimum absolute atomic E-state index is 0.111. The number of aliphatic hydroxyl groups is 5. The molecule has 0 saturated carbocycles. The lowest BCUT2D eigenvalue weighted by Crippen LogP contribution is -2.59. The van der Waals surface area contributed by atoms with Crippen molar-refractivity contribution in [3.05, 3.63) is 47.5 Å². The Morgan fingerprint density at radius 3 is 1.91 bits per heavy atom. The van der Waals surface area contributed by atoms with Crippen molar-refractivity contribution in [2.75, 3.05) is 27.4 Å². The number of aromatic hydroxyl groups is 2. The fourth-order valence-electron chi connectivity index (χ4n) is 3.90. The molecule has 2 aromatic carbocycles. The highest BCUT2D eigenvalue weighted by molar-refractivity contribution is 5.46. The van der Waals surface area contributed by atoms with Crippen LogP contribution in [0.25, 0.3) is 0 Å². The highest BCUT2D eigenvalue weighted by Gasteiger charge is 2.45. The summed E-state index contributed by atoms with van der Waals surface area (Å²) in [7, 11) is 2.74. The van der Waals surface area contributed by atoms with E-state index in [1.54, 1.807) is 6.07 Å². The zero-order chi connectivity index (χ0) is 25.0. The second-order valence-electron chi connectivity index (χ2n) is 7.91. The Bertz CT molecular complexity index is 951. The summed E-state index contributed by atoms with van der Waals surface area (Å²) >= 11 is 0. The van der Waals surface area contributed by atoms with Crippen molar-refractivity contribution >= 4 is 0 Å². The van der Waals surface area contributed by atoms with Gasteiger partial charge in [0.1, 0.15) is 24.4 Å². The molecule has 0 amide bonds. The highest BCUT2D eigenvalue weighted by Crippen LogP contribution is 2.41. The van der Waals surface area contributed by atoms with Crippen molar-refractivity contribution < 1.29 is 54.7 Å². The van der Waals surface area contributed by atoms with Crippen molar-refractivity contribution in [1.82, 2.24) is 0 Å². The van der Waals surface area contributed by atoms with E-state index in [0.29, 0.717) is 11.1 Å². The molecule has 1 aliphatic heterocycles. The summed E-state index contributed by atoms with van der Waals surface area (Å²) in [5.41, 5.74) is 0.913. The van der Waals surface area contributed by atoms with Crippen LogP contribution < -0.4 is 9.47 Å². The molecule has 1 aliphatic rings. The van der Waals surface area contributed by atoms with Gasteiger partial charge >= 0.3 is 0 Å². The standard InChI is InChI=1S/C23H30O11/c1-31-16-7-11(3-5-14(16)26)13(9-24)22(12-4-6-15(27)17(8-12)32-2)34-23-21(30)20(29)19(28)18(10-25)33-23/h3-8,13,18-30H,9-10H2,1-2H3/t13-,18+,19-,20-,21+,22-,23-/m1/s1. The molecule has 1 fully saturated rings. The van der Waals surface area contributed by atoms with Crippen LogP contribution in [-0.2, 0) is 9.47 Å². The predicted octanol–water partition coefficient (Wildman–Crippen LogP) is -0.251. The summed E-state index contributed by atoms with van der Waals surface area (Å²) in [6.45, 7) is -1.10. The van der Waals surface area contributed by atoms with Crippen molar-refractivity contribution in [2.45, 2.75) is 42.7 Å². The van der Waals surface area contributed by atoms with Crippen molar-refractivity contribution in [3.63, 3.8) is 0 Å². The first kappa shape index (κ1) is 26.0. The van der Waals surface area contributed by atoms with Crippen LogP contribution in [0.4, 0.5) is 0 Å². The molecule has 7 atom stereocenters. The lowest BCUT2D eigenvalue weighted by atomic mass is 9.88. The molecule has 0 unspecified atom stereocenters. The maximum absolute atomic E-state index is 10.5. The Labute approximate surface area is 196 Å². The van der Waals surface area contributed by atoms with Crippen LogP contribution in [0.15, 0.2) is 36.4 Å². The lowest BCUT2D eigenvalue weighted by Gasteiger charge is -2.42. The molecule has 11 heteroatoms. The number of ether oxygens (including phenoxy) is 4. The number of aliphatic hydroxyl groups excluding tert-OH is 5. The Balaban J connectivity index is 2.05. The monoisotopic (exact) mass is 482 g/mol. The predicted molar refractivity (Wildman–Crippen MR) is 117 cm³/mol. The first-order valence-electron chi connectivity index (χ1n) is 10.6. The fourth-order valence-corrected chi connectivity index (χ4v) is 3.90. The van der Waals surface area contributed by atoms with E-state index in [1.165, 1.54) is 44.6 Å². The van der Waals surface area contributed by atoms with Crippen LogP contribution >= 0.6 is 0 Å². The zero-order valence-corrected chi connectivity index (χ0v) is 18.7. The maximum atomic E-state index is 10.5. The molecule has 2 aromatic rings. The number of hydrogen-bond donors (Lipinski definition) is 7. The molecular formula is C23H30O11. The number of rotatable bonds is 9. The molecule has 0 spiro atoms. The fraction of sp³-hybridized carbons (Fsp3) is 0.478. The van der Waals surface area contributed by atoms with E-state index in [-0.39, 0.29) is 23.0 Å². The van der Waals surface area contributed by atoms with Crippen LogP contribution in [0, 0.1) is 0 Å². The van der Waals surface area contributed by atoms with Gasteiger partial charge in [0.2, 0.25) is 0 Å². The smallest absolute Gasteiger partial charge is 0.187 e. The molecule has 0 bridgehead atoms. The quantitative estimate of drug-likeness (QED) is 0.251. The number of benzene rings is 2. The average molecular weight is 482 g/mol. The molecule has 188 valence electrons. The van der Waals surface area contributed by atoms with Gasteiger partial charge in [-0.2, -0.15) is 0 Å². The lowest BCUT2D eigenvalue weighted by molar-refractivity contribution is -0.314. The van der Waals surface area contributed by atoms with E-state index < -0.39 is 55.9 Å². The van der Waals surface area contributed by atoms with Crippen molar-refractivity contribution in [3.8, 4) is 23.0 Å². The zero-order valence-electron chi connectivity index (χ0n) is 18.7. The molecule has 1 heterocycles. The molecule has 11 nitrogen and oxygen atoms in total. The van der Waals surface area contributed by atoms with Gasteiger partial charge in [-0.25, -0.2) is 0 Å². The minimum atomic E-state index is -1.67. The molecule has 3 rings (SSSR count). The van der Waals surface area contributed by atoms with E-state index in [4.69, 9.17) is 18.9 Å². The third-order valence-corrected chi connectivity index (χ3v) is 5.86. The molecule has 1 saturated heterocycles. The largest absolute Gasteiger partial charge is 0.504 e. The van der Waals surface area contributed by atoms with Gasteiger partial charge in [-0.15, -0.1) is 0 Å². The number of methoxy groups -OCH3 is 2. The van der Waals surface area contributed by atoms with Gasteiger partial charge in [-0.3, -0.25) is 0 Å². The second-order valence-corrected chi connectivity index (χ2v) is 7.91. The summed E-state index contributed by atoms with van der Waals surface area (Å²) in [5, 5.41) is 70.5. The van der Waals surface area contributed by atoms with Gasteiger partial charge in [0.15, 0.2) is 29.3 Å². The Hall–Kier alpha value is -2.64. The van der Waals surface area contributed by atoms with Crippen LogP contribution in [0.2, 0.25) is 0 Å². The number of hydrogen-bond acceptors (Lipinski definition) is 11. The molecule has 0 radical (unpaired) electrons. The summed E-state index contributed by atoms with van der Waals surface area (Å²) in [6, 6.07) is 8.82. The Kier molecular flexibility index (Phi) is 8.55. The molecular weight excluding hydrogens is 452 g/mol. The van der Waals surface area contributed by atoms with E-state index in [2.05, 4.69) is 0 Å². The molecule has 34 heavy (non-hydrogen) atoms. The number of phenolic OH excluding ortho intramolecular Hbond substituents is 2. The highest BCUT2D eigenvalue weighted by atomic mass is 16.7. The van der Waals surface area contributed by atoms with Gasteiger partial charge < -0.3 is 54.7 Å². The summed E-state index contributed by atoms with van der Waals surface area (Å²) < 4.78 is 21.9. The van der Waals surface area contributed by atoms with Crippen molar-refractivity contribution in [2.24, 2.45) is 0 Å². The van der Waals surface area contributed by atoms with Crippen LogP contribution in [0.3, 0.4) is 0 Å². The maximum Gasteiger partial charge on any atom is 0.187 e. The van der Waals surface area contributed by atoms with Gasteiger partial charge in [-0.1, -0.05) is 12.1 Å². The summed E-state index contributed by atoms with van der Waals surface area (Å²) in [6.07, 6.45) is -8.63. The van der Waals surface area contributed by atoms with E-state index >= 15 is 0 Å². The minimum Gasteiger partial charge on any atom is -0.504 e. The Morgan fingerprint density at radius 2 is 1.38 bits per heavy atom. The van der Waals surface area contributed by atoms with Crippen LogP contribution in [-0.4, -0.2) is 93.9 Å².